The fourth-order valence-corrected chi connectivity index (χ4v) is 1.62. The molecule has 0 unspecified atom stereocenters. The molecule has 0 radical (unpaired) electrons. The van der Waals surface area contributed by atoms with E-state index in [1.165, 1.54) is 19.3 Å². The zero-order chi connectivity index (χ0) is 10.9. The van der Waals surface area contributed by atoms with Crippen LogP contribution in [0.3, 0.4) is 0 Å². The summed E-state index contributed by atoms with van der Waals surface area (Å²) < 4.78 is 0. The Morgan fingerprint density at radius 1 is 1.20 bits per heavy atom. The monoisotopic (exact) mass is 207 g/mol. The van der Waals surface area contributed by atoms with Gasteiger partial charge in [0, 0.05) is 0 Å². The lowest BCUT2D eigenvalue weighted by Gasteiger charge is -2.16. The Balaban J connectivity index is 2.36. The highest BCUT2D eigenvalue weighted by atomic mass is 16.3. The van der Waals surface area contributed by atoms with Crippen LogP contribution in [0, 0.1) is 0 Å². The highest BCUT2D eigenvalue weighted by Crippen LogP contribution is 2.11. The van der Waals surface area contributed by atoms with Gasteiger partial charge in [-0.15, -0.1) is 0 Å². The molecule has 0 saturated heterocycles. The largest absolute Gasteiger partial charge is 0.394 e. The van der Waals surface area contributed by atoms with Gasteiger partial charge in [0.2, 0.25) is 0 Å². The second-order valence-corrected chi connectivity index (χ2v) is 3.81. The van der Waals surface area contributed by atoms with Crippen LogP contribution >= 0.6 is 0 Å². The first kappa shape index (κ1) is 12.2. The molecule has 0 spiro atoms. The van der Waals surface area contributed by atoms with Crippen LogP contribution in [0.5, 0.6) is 0 Å². The van der Waals surface area contributed by atoms with Gasteiger partial charge < -0.3 is 10.4 Å². The van der Waals surface area contributed by atoms with Gasteiger partial charge in [0.15, 0.2) is 0 Å². The summed E-state index contributed by atoms with van der Waals surface area (Å²) in [6, 6.07) is 10.2. The minimum absolute atomic E-state index is 0.0862. The number of hydrogen-bond donors (Lipinski definition) is 2. The van der Waals surface area contributed by atoms with Crippen molar-refractivity contribution in [2.75, 3.05) is 13.2 Å². The smallest absolute Gasteiger partial charge is 0.0626 e. The van der Waals surface area contributed by atoms with Gasteiger partial charge in [-0.25, -0.2) is 0 Å². The number of rotatable bonds is 7. The molecule has 2 nitrogen and oxygen atoms in total. The number of nitrogens with one attached hydrogen (secondary N) is 1. The van der Waals surface area contributed by atoms with Gasteiger partial charge in [-0.2, -0.15) is 0 Å². The molecule has 0 aliphatic rings. The summed E-state index contributed by atoms with van der Waals surface area (Å²) in [6.45, 7) is 3.34. The maximum absolute atomic E-state index is 9.27. The van der Waals surface area contributed by atoms with Crippen molar-refractivity contribution in [2.24, 2.45) is 0 Å². The van der Waals surface area contributed by atoms with Crippen LogP contribution in [0.2, 0.25) is 0 Å². The van der Waals surface area contributed by atoms with Gasteiger partial charge in [-0.3, -0.25) is 0 Å². The third-order valence-corrected chi connectivity index (χ3v) is 2.56. The summed E-state index contributed by atoms with van der Waals surface area (Å²) in [7, 11) is 0. The van der Waals surface area contributed by atoms with E-state index in [0.29, 0.717) is 0 Å². The molecule has 2 N–H and O–H groups in total. The number of aliphatic hydroxyl groups excluding tert-OH is 1. The van der Waals surface area contributed by atoms with Crippen LogP contribution < -0.4 is 5.32 Å². The van der Waals surface area contributed by atoms with Crippen LogP contribution in [0.1, 0.15) is 37.8 Å². The zero-order valence-corrected chi connectivity index (χ0v) is 9.45. The average molecular weight is 207 g/mol. The molecule has 0 saturated carbocycles. The summed E-state index contributed by atoms with van der Waals surface area (Å²) in [5.41, 5.74) is 1.16. The van der Waals surface area contributed by atoms with Crippen LogP contribution in [-0.4, -0.2) is 18.3 Å². The first-order valence-electron chi connectivity index (χ1n) is 5.77. The molecule has 0 aliphatic carbocycles. The van der Waals surface area contributed by atoms with Crippen molar-refractivity contribution in [2.45, 2.75) is 32.2 Å². The van der Waals surface area contributed by atoms with E-state index in [1.54, 1.807) is 0 Å². The molecule has 0 heterocycles. The standard InChI is InChI=1S/C13H21NO/c1-2-3-7-10-14-13(11-15)12-8-5-4-6-9-12/h4-6,8-9,13-15H,2-3,7,10-11H2,1H3/t13-/m0/s1. The second kappa shape index (κ2) is 7.43. The normalized spacial score (nSPS) is 12.7. The van der Waals surface area contributed by atoms with Gasteiger partial charge in [-0.05, 0) is 18.5 Å². The van der Waals surface area contributed by atoms with Gasteiger partial charge in [-0.1, -0.05) is 50.1 Å². The third kappa shape index (κ3) is 4.45. The van der Waals surface area contributed by atoms with Gasteiger partial charge in [0.05, 0.1) is 12.6 Å². The molecule has 1 aromatic rings. The molecule has 84 valence electrons. The van der Waals surface area contributed by atoms with E-state index in [2.05, 4.69) is 12.2 Å². The van der Waals surface area contributed by atoms with Crippen molar-refractivity contribution in [3.05, 3.63) is 35.9 Å². The summed E-state index contributed by atoms with van der Waals surface area (Å²) in [4.78, 5) is 0. The quantitative estimate of drug-likeness (QED) is 0.673. The van der Waals surface area contributed by atoms with Crippen molar-refractivity contribution in [3.63, 3.8) is 0 Å². The lowest BCUT2D eigenvalue weighted by atomic mass is 10.1. The molecule has 0 aliphatic heterocycles. The number of hydrogen-bond acceptors (Lipinski definition) is 2. The third-order valence-electron chi connectivity index (χ3n) is 2.56. The number of unbranched alkanes of at least 4 members (excludes halogenated alkanes) is 2. The topological polar surface area (TPSA) is 32.3 Å². The van der Waals surface area contributed by atoms with Gasteiger partial charge >= 0.3 is 0 Å². The van der Waals surface area contributed by atoms with E-state index in [4.69, 9.17) is 0 Å². The highest BCUT2D eigenvalue weighted by molar-refractivity contribution is 5.18. The Labute approximate surface area is 92.3 Å². The Morgan fingerprint density at radius 2 is 1.93 bits per heavy atom. The van der Waals surface area contributed by atoms with E-state index in [-0.39, 0.29) is 12.6 Å². The molecule has 0 fully saturated rings. The molecule has 0 bridgehead atoms. The minimum Gasteiger partial charge on any atom is -0.394 e. The van der Waals surface area contributed by atoms with E-state index in [1.807, 2.05) is 30.3 Å². The zero-order valence-electron chi connectivity index (χ0n) is 9.45. The molecule has 0 aromatic heterocycles. The van der Waals surface area contributed by atoms with Crippen molar-refractivity contribution >= 4 is 0 Å². The molecular weight excluding hydrogens is 186 g/mol. The summed E-state index contributed by atoms with van der Waals surface area (Å²) >= 11 is 0. The highest BCUT2D eigenvalue weighted by Gasteiger charge is 2.07. The fraction of sp³-hybridized carbons (Fsp3) is 0.538. The van der Waals surface area contributed by atoms with Gasteiger partial charge in [0.1, 0.15) is 0 Å². The summed E-state index contributed by atoms with van der Waals surface area (Å²) in [5.74, 6) is 0. The number of benzene rings is 1. The predicted octanol–water partition coefficient (Wildman–Crippen LogP) is 2.50. The molecular formula is C13H21NO. The van der Waals surface area contributed by atoms with Crippen LogP contribution in [0.4, 0.5) is 0 Å². The number of aliphatic hydroxyl groups is 1. The average Bonchev–Trinajstić information content (AvgIpc) is 2.30. The van der Waals surface area contributed by atoms with Crippen LogP contribution in [0.15, 0.2) is 30.3 Å². The first-order chi connectivity index (χ1) is 7.38. The molecule has 1 aromatic carbocycles. The SMILES string of the molecule is CCCCCN[C@@H](CO)c1ccccc1. The van der Waals surface area contributed by atoms with Crippen molar-refractivity contribution in [1.82, 2.24) is 5.32 Å². The Hall–Kier alpha value is -0.860. The molecule has 0 amide bonds. The Kier molecular flexibility index (Phi) is 6.05. The fourth-order valence-electron chi connectivity index (χ4n) is 1.62. The molecule has 15 heavy (non-hydrogen) atoms. The van der Waals surface area contributed by atoms with Crippen molar-refractivity contribution in [1.29, 1.82) is 0 Å². The van der Waals surface area contributed by atoms with E-state index in [9.17, 15) is 5.11 Å². The maximum atomic E-state index is 9.27. The Morgan fingerprint density at radius 3 is 2.53 bits per heavy atom. The van der Waals surface area contributed by atoms with Crippen LogP contribution in [-0.2, 0) is 0 Å². The van der Waals surface area contributed by atoms with Crippen LogP contribution in [0.25, 0.3) is 0 Å². The Bertz CT molecular complexity index is 248. The molecule has 2 heteroatoms. The summed E-state index contributed by atoms with van der Waals surface area (Å²) in [6.07, 6.45) is 3.66. The van der Waals surface area contributed by atoms with E-state index in [0.717, 1.165) is 12.1 Å². The van der Waals surface area contributed by atoms with Crippen molar-refractivity contribution < 1.29 is 5.11 Å². The molecule has 1 atom stereocenters. The lowest BCUT2D eigenvalue weighted by molar-refractivity contribution is 0.244. The molecule has 1 rings (SSSR count). The first-order valence-corrected chi connectivity index (χ1v) is 5.77. The maximum Gasteiger partial charge on any atom is 0.0626 e. The van der Waals surface area contributed by atoms with Gasteiger partial charge in [0.25, 0.3) is 0 Å². The van der Waals surface area contributed by atoms with E-state index < -0.39 is 0 Å². The van der Waals surface area contributed by atoms with E-state index >= 15 is 0 Å². The van der Waals surface area contributed by atoms with Crippen molar-refractivity contribution in [3.8, 4) is 0 Å². The lowest BCUT2D eigenvalue weighted by Crippen LogP contribution is -2.25. The second-order valence-electron chi connectivity index (χ2n) is 3.81. The minimum atomic E-state index is 0.0862. The predicted molar refractivity (Wildman–Crippen MR) is 63.8 cm³/mol. The summed E-state index contributed by atoms with van der Waals surface area (Å²) in [5, 5.41) is 12.6.